The molecular formula is C18H24N2O6S. The molecule has 1 heterocycles. The van der Waals surface area contributed by atoms with Crippen LogP contribution in [0.1, 0.15) is 29.6 Å². The molecule has 0 bridgehead atoms. The van der Waals surface area contributed by atoms with Gasteiger partial charge in [-0.3, -0.25) is 9.59 Å². The molecule has 9 heteroatoms. The number of benzene rings is 1. The number of nitrogens with one attached hydrogen (secondary N) is 1. The predicted molar refractivity (Wildman–Crippen MR) is 96.8 cm³/mol. The van der Waals surface area contributed by atoms with Crippen LogP contribution in [0.5, 0.6) is 0 Å². The van der Waals surface area contributed by atoms with Gasteiger partial charge in [0.2, 0.25) is 10.0 Å². The van der Waals surface area contributed by atoms with Crippen LogP contribution in [0.3, 0.4) is 0 Å². The first kappa shape index (κ1) is 19.8. The van der Waals surface area contributed by atoms with Gasteiger partial charge in [-0.2, -0.15) is 0 Å². The molecule has 1 unspecified atom stereocenters. The monoisotopic (exact) mass is 396 g/mol. The van der Waals surface area contributed by atoms with Crippen LogP contribution in [0, 0.1) is 11.3 Å². The van der Waals surface area contributed by atoms with E-state index in [9.17, 15) is 23.1 Å². The SMILES string of the molecule is COCC1(C(=O)O)CCN(C(=O)c2cccc(S(=O)(=O)NCC3CC3)c2)C1. The van der Waals surface area contributed by atoms with E-state index in [-0.39, 0.29) is 36.1 Å². The van der Waals surface area contributed by atoms with Gasteiger partial charge in [0.1, 0.15) is 5.41 Å². The number of methoxy groups -OCH3 is 1. The van der Waals surface area contributed by atoms with Crippen LogP contribution in [-0.2, 0) is 19.6 Å². The lowest BCUT2D eigenvalue weighted by atomic mass is 9.88. The molecule has 1 aliphatic heterocycles. The van der Waals surface area contributed by atoms with E-state index in [1.807, 2.05) is 0 Å². The number of carbonyl (C=O) groups excluding carboxylic acids is 1. The van der Waals surface area contributed by atoms with Crippen molar-refractivity contribution in [2.24, 2.45) is 11.3 Å². The molecule has 148 valence electrons. The number of sulfonamides is 1. The Kier molecular flexibility index (Phi) is 5.55. The summed E-state index contributed by atoms with van der Waals surface area (Å²) < 4.78 is 32.4. The van der Waals surface area contributed by atoms with Gasteiger partial charge < -0.3 is 14.7 Å². The van der Waals surface area contributed by atoms with E-state index in [1.165, 1.54) is 30.2 Å². The Morgan fingerprint density at radius 3 is 2.74 bits per heavy atom. The molecule has 1 amide bonds. The quantitative estimate of drug-likeness (QED) is 0.676. The molecule has 1 aromatic rings. The van der Waals surface area contributed by atoms with Crippen LogP contribution in [0.15, 0.2) is 29.2 Å². The minimum absolute atomic E-state index is 0.0195. The number of likely N-dealkylation sites (tertiary alicyclic amines) is 1. The minimum atomic E-state index is -3.67. The molecule has 2 aliphatic rings. The Balaban J connectivity index is 1.75. The lowest BCUT2D eigenvalue weighted by Gasteiger charge is -2.24. The molecule has 2 fully saturated rings. The zero-order valence-electron chi connectivity index (χ0n) is 15.2. The fraction of sp³-hybridized carbons (Fsp3) is 0.556. The number of carboxylic acid groups (broad SMARTS) is 1. The van der Waals surface area contributed by atoms with Crippen LogP contribution in [0.25, 0.3) is 0 Å². The van der Waals surface area contributed by atoms with Gasteiger partial charge in [-0.15, -0.1) is 0 Å². The highest BCUT2D eigenvalue weighted by molar-refractivity contribution is 7.89. The number of hydrogen-bond donors (Lipinski definition) is 2. The summed E-state index contributed by atoms with van der Waals surface area (Å²) in [6.45, 7) is 0.744. The summed E-state index contributed by atoms with van der Waals surface area (Å²) in [6, 6.07) is 5.85. The molecule has 0 radical (unpaired) electrons. The van der Waals surface area contributed by atoms with Gasteiger partial charge in [0, 0.05) is 32.3 Å². The zero-order chi connectivity index (χ0) is 19.7. The van der Waals surface area contributed by atoms with Gasteiger partial charge in [-0.05, 0) is 43.4 Å². The average molecular weight is 396 g/mol. The maximum atomic E-state index is 12.8. The smallest absolute Gasteiger partial charge is 0.313 e. The van der Waals surface area contributed by atoms with E-state index in [0.29, 0.717) is 18.9 Å². The Morgan fingerprint density at radius 1 is 1.37 bits per heavy atom. The standard InChI is InChI=1S/C18H24N2O6S/c1-26-12-18(17(22)23)7-8-20(11-18)16(21)14-3-2-4-15(9-14)27(24,25)19-10-13-5-6-13/h2-4,9,13,19H,5-8,10-12H2,1H3,(H,22,23). The zero-order valence-corrected chi connectivity index (χ0v) is 16.0. The first-order valence-electron chi connectivity index (χ1n) is 8.89. The van der Waals surface area contributed by atoms with Crippen LogP contribution >= 0.6 is 0 Å². The third-order valence-electron chi connectivity index (χ3n) is 5.17. The molecular weight excluding hydrogens is 372 g/mol. The summed E-state index contributed by atoms with van der Waals surface area (Å²) in [7, 11) is -2.25. The largest absolute Gasteiger partial charge is 0.481 e. The fourth-order valence-electron chi connectivity index (χ4n) is 3.29. The van der Waals surface area contributed by atoms with Crippen LogP contribution in [-0.4, -0.2) is 63.7 Å². The molecule has 2 N–H and O–H groups in total. The van der Waals surface area contributed by atoms with Crippen molar-refractivity contribution >= 4 is 21.9 Å². The molecule has 1 atom stereocenters. The van der Waals surface area contributed by atoms with Crippen LogP contribution < -0.4 is 4.72 Å². The van der Waals surface area contributed by atoms with Crippen molar-refractivity contribution in [3.05, 3.63) is 29.8 Å². The molecule has 0 spiro atoms. The van der Waals surface area contributed by atoms with E-state index < -0.39 is 21.4 Å². The van der Waals surface area contributed by atoms with Crippen molar-refractivity contribution in [3.8, 4) is 0 Å². The first-order chi connectivity index (χ1) is 12.8. The summed E-state index contributed by atoms with van der Waals surface area (Å²) in [4.78, 5) is 25.9. The van der Waals surface area contributed by atoms with E-state index in [1.54, 1.807) is 6.07 Å². The predicted octanol–water partition coefficient (Wildman–Crippen LogP) is 0.938. The average Bonchev–Trinajstić information content (AvgIpc) is 3.38. The first-order valence-corrected chi connectivity index (χ1v) is 10.4. The number of rotatable bonds is 8. The number of aliphatic carboxylic acids is 1. The summed E-state index contributed by atoms with van der Waals surface area (Å²) in [6.07, 6.45) is 2.36. The molecule has 1 aliphatic carbocycles. The second kappa shape index (κ2) is 7.57. The van der Waals surface area contributed by atoms with E-state index in [4.69, 9.17) is 4.74 Å². The van der Waals surface area contributed by atoms with Gasteiger partial charge in [0.15, 0.2) is 0 Å². The molecule has 0 aromatic heterocycles. The number of carbonyl (C=O) groups is 2. The lowest BCUT2D eigenvalue weighted by molar-refractivity contribution is -0.151. The lowest BCUT2D eigenvalue weighted by Crippen LogP contribution is -2.40. The summed E-state index contributed by atoms with van der Waals surface area (Å²) >= 11 is 0. The van der Waals surface area contributed by atoms with E-state index in [2.05, 4.69) is 4.72 Å². The highest BCUT2D eigenvalue weighted by Crippen LogP contribution is 2.32. The summed E-state index contributed by atoms with van der Waals surface area (Å²) in [5.41, 5.74) is -0.900. The Hall–Kier alpha value is -1.97. The number of amides is 1. The Labute approximate surface area is 158 Å². The van der Waals surface area contributed by atoms with Crippen molar-refractivity contribution in [2.75, 3.05) is 33.4 Å². The normalized spacial score (nSPS) is 22.8. The van der Waals surface area contributed by atoms with Crippen molar-refractivity contribution in [1.82, 2.24) is 9.62 Å². The minimum Gasteiger partial charge on any atom is -0.481 e. The molecule has 27 heavy (non-hydrogen) atoms. The molecule has 3 rings (SSSR count). The maximum Gasteiger partial charge on any atom is 0.313 e. The van der Waals surface area contributed by atoms with E-state index >= 15 is 0 Å². The Morgan fingerprint density at radius 2 is 2.11 bits per heavy atom. The van der Waals surface area contributed by atoms with E-state index in [0.717, 1.165) is 12.8 Å². The second-order valence-corrected chi connectivity index (χ2v) is 9.09. The molecule has 8 nitrogen and oxygen atoms in total. The van der Waals surface area contributed by atoms with Gasteiger partial charge in [-0.1, -0.05) is 6.07 Å². The van der Waals surface area contributed by atoms with Crippen molar-refractivity contribution in [1.29, 1.82) is 0 Å². The number of nitrogens with zero attached hydrogens (tertiary/aromatic N) is 1. The molecule has 1 aromatic carbocycles. The van der Waals surface area contributed by atoms with Crippen LogP contribution in [0.4, 0.5) is 0 Å². The van der Waals surface area contributed by atoms with Crippen molar-refractivity contribution in [2.45, 2.75) is 24.2 Å². The fourth-order valence-corrected chi connectivity index (χ4v) is 4.45. The number of hydrogen-bond acceptors (Lipinski definition) is 5. The van der Waals surface area contributed by atoms with Gasteiger partial charge >= 0.3 is 5.97 Å². The summed E-state index contributed by atoms with van der Waals surface area (Å²) in [5, 5.41) is 9.52. The number of carboxylic acids is 1. The Bertz CT molecular complexity index is 836. The maximum absolute atomic E-state index is 12.8. The highest BCUT2D eigenvalue weighted by atomic mass is 32.2. The highest BCUT2D eigenvalue weighted by Gasteiger charge is 2.46. The van der Waals surface area contributed by atoms with Gasteiger partial charge in [0.25, 0.3) is 5.91 Å². The second-order valence-electron chi connectivity index (χ2n) is 7.32. The van der Waals surface area contributed by atoms with Gasteiger partial charge in [0.05, 0.1) is 11.5 Å². The molecule has 1 saturated carbocycles. The third kappa shape index (κ3) is 4.31. The van der Waals surface area contributed by atoms with Crippen LogP contribution in [0.2, 0.25) is 0 Å². The number of ether oxygens (including phenoxy) is 1. The third-order valence-corrected chi connectivity index (χ3v) is 6.59. The topological polar surface area (TPSA) is 113 Å². The summed E-state index contributed by atoms with van der Waals surface area (Å²) in [5.74, 6) is -0.979. The molecule has 1 saturated heterocycles. The van der Waals surface area contributed by atoms with Crippen molar-refractivity contribution < 1.29 is 27.9 Å². The van der Waals surface area contributed by atoms with Gasteiger partial charge in [-0.25, -0.2) is 13.1 Å². The van der Waals surface area contributed by atoms with Crippen molar-refractivity contribution in [3.63, 3.8) is 0 Å².